The number of benzene rings is 2. The summed E-state index contributed by atoms with van der Waals surface area (Å²) in [5.41, 5.74) is 2.68. The number of carbonyl (C=O) groups excluding carboxylic acids is 1. The van der Waals surface area contributed by atoms with Crippen molar-refractivity contribution in [2.75, 3.05) is 25.0 Å². The van der Waals surface area contributed by atoms with Gasteiger partial charge in [-0.3, -0.25) is 9.89 Å². The lowest BCUT2D eigenvalue weighted by molar-refractivity contribution is 0.0954. The fraction of sp³-hybridized carbons (Fsp3) is 0.200. The van der Waals surface area contributed by atoms with Crippen LogP contribution in [-0.4, -0.2) is 36.2 Å². The average molecular weight is 352 g/mol. The van der Waals surface area contributed by atoms with Gasteiger partial charge in [-0.25, -0.2) is 4.39 Å². The van der Waals surface area contributed by atoms with Gasteiger partial charge in [0.25, 0.3) is 5.91 Å². The normalized spacial score (nSPS) is 10.5. The molecule has 0 spiro atoms. The second-order valence-corrected chi connectivity index (χ2v) is 6.01. The van der Waals surface area contributed by atoms with Crippen molar-refractivity contribution in [1.29, 1.82) is 0 Å². The molecule has 3 rings (SSSR count). The first-order valence-electron chi connectivity index (χ1n) is 8.49. The minimum absolute atomic E-state index is 0.175. The minimum Gasteiger partial charge on any atom is -0.372 e. The molecule has 1 aromatic heterocycles. The molecule has 0 radical (unpaired) electrons. The van der Waals surface area contributed by atoms with Crippen molar-refractivity contribution in [2.45, 2.75) is 6.42 Å². The van der Waals surface area contributed by atoms with E-state index >= 15 is 0 Å². The molecule has 6 heteroatoms. The zero-order valence-electron chi connectivity index (χ0n) is 14.6. The number of H-pyrrole nitrogens is 1. The zero-order chi connectivity index (χ0) is 18.4. The summed E-state index contributed by atoms with van der Waals surface area (Å²) in [5, 5.41) is 9.77. The summed E-state index contributed by atoms with van der Waals surface area (Å²) < 4.78 is 13.7. The fourth-order valence-corrected chi connectivity index (χ4v) is 2.78. The number of para-hydroxylation sites is 1. The van der Waals surface area contributed by atoms with Crippen molar-refractivity contribution in [3.05, 3.63) is 72.2 Å². The summed E-state index contributed by atoms with van der Waals surface area (Å²) in [5.74, 6) is -0.420. The van der Waals surface area contributed by atoms with Crippen LogP contribution in [0.5, 0.6) is 0 Å². The van der Waals surface area contributed by atoms with E-state index in [4.69, 9.17) is 0 Å². The van der Waals surface area contributed by atoms with Gasteiger partial charge in [0.15, 0.2) is 0 Å². The van der Waals surface area contributed by atoms with Crippen LogP contribution in [0.1, 0.15) is 16.8 Å². The Morgan fingerprint density at radius 1 is 1.15 bits per heavy atom. The summed E-state index contributed by atoms with van der Waals surface area (Å²) in [6, 6.07) is 16.3. The highest BCUT2D eigenvalue weighted by Crippen LogP contribution is 2.20. The van der Waals surface area contributed by atoms with Gasteiger partial charge in [0.05, 0.1) is 23.1 Å². The number of carbonyl (C=O) groups is 1. The molecule has 0 bridgehead atoms. The van der Waals surface area contributed by atoms with Crippen molar-refractivity contribution in [3.63, 3.8) is 0 Å². The molecule has 2 aromatic carbocycles. The fourth-order valence-electron chi connectivity index (χ4n) is 2.78. The minimum atomic E-state index is -0.245. The maximum Gasteiger partial charge on any atom is 0.255 e. The van der Waals surface area contributed by atoms with Gasteiger partial charge in [0.1, 0.15) is 5.82 Å². The number of amides is 1. The van der Waals surface area contributed by atoms with Crippen molar-refractivity contribution in [3.8, 4) is 11.3 Å². The Hall–Kier alpha value is -3.15. The highest BCUT2D eigenvalue weighted by atomic mass is 19.1. The molecule has 1 amide bonds. The van der Waals surface area contributed by atoms with Crippen LogP contribution < -0.4 is 10.2 Å². The number of anilines is 1. The summed E-state index contributed by atoms with van der Waals surface area (Å²) in [6.45, 7) is 1.13. The number of aromatic amines is 1. The molecule has 26 heavy (non-hydrogen) atoms. The van der Waals surface area contributed by atoms with E-state index in [9.17, 15) is 9.18 Å². The first-order valence-corrected chi connectivity index (χ1v) is 8.49. The van der Waals surface area contributed by atoms with Crippen molar-refractivity contribution in [1.82, 2.24) is 15.5 Å². The molecule has 2 N–H and O–H groups in total. The highest BCUT2D eigenvalue weighted by Gasteiger charge is 2.14. The Balaban J connectivity index is 1.53. The number of rotatable bonds is 7. The maximum atomic E-state index is 13.7. The van der Waals surface area contributed by atoms with E-state index in [1.54, 1.807) is 18.2 Å². The first-order chi connectivity index (χ1) is 12.7. The lowest BCUT2D eigenvalue weighted by Crippen LogP contribution is -2.28. The van der Waals surface area contributed by atoms with Gasteiger partial charge in [-0.05, 0) is 18.6 Å². The summed E-state index contributed by atoms with van der Waals surface area (Å²) in [4.78, 5) is 14.3. The Kier molecular flexibility index (Phi) is 5.63. The maximum absolute atomic E-state index is 13.7. The van der Waals surface area contributed by atoms with E-state index in [0.29, 0.717) is 36.5 Å². The Morgan fingerprint density at radius 3 is 2.65 bits per heavy atom. The monoisotopic (exact) mass is 352 g/mol. The zero-order valence-corrected chi connectivity index (χ0v) is 14.6. The van der Waals surface area contributed by atoms with Crippen molar-refractivity contribution < 1.29 is 9.18 Å². The molecule has 0 aliphatic rings. The molecule has 0 atom stereocenters. The molecule has 0 aliphatic heterocycles. The molecule has 0 aliphatic carbocycles. The van der Waals surface area contributed by atoms with Gasteiger partial charge >= 0.3 is 0 Å². The predicted molar refractivity (Wildman–Crippen MR) is 101 cm³/mol. The quantitative estimate of drug-likeness (QED) is 0.640. The van der Waals surface area contributed by atoms with E-state index < -0.39 is 0 Å². The number of nitrogens with zero attached hydrogens (tertiary/aromatic N) is 2. The molecule has 0 fully saturated rings. The molecular formula is C20H21FN4O. The van der Waals surface area contributed by atoms with E-state index in [-0.39, 0.29) is 11.7 Å². The van der Waals surface area contributed by atoms with E-state index in [2.05, 4.69) is 15.5 Å². The number of halogens is 1. The summed E-state index contributed by atoms with van der Waals surface area (Å²) in [6.07, 6.45) is 2.23. The average Bonchev–Trinajstić information content (AvgIpc) is 3.16. The molecule has 0 saturated heterocycles. The van der Waals surface area contributed by atoms with Crippen LogP contribution in [0.25, 0.3) is 11.3 Å². The SMILES string of the molecule is CN(CCCNC(=O)c1cn[nH]c1-c1ccccc1)c1ccccc1F. The first kappa shape index (κ1) is 17.7. The Morgan fingerprint density at radius 2 is 1.88 bits per heavy atom. The molecule has 0 unspecified atom stereocenters. The van der Waals surface area contributed by atoms with Crippen LogP contribution in [-0.2, 0) is 0 Å². The van der Waals surface area contributed by atoms with Crippen LogP contribution in [0.2, 0.25) is 0 Å². The molecule has 5 nitrogen and oxygen atoms in total. The lowest BCUT2D eigenvalue weighted by atomic mass is 10.1. The van der Waals surface area contributed by atoms with Gasteiger partial charge in [0, 0.05) is 25.7 Å². The highest BCUT2D eigenvalue weighted by molar-refractivity contribution is 5.99. The third-order valence-corrected chi connectivity index (χ3v) is 4.17. The molecule has 1 heterocycles. The van der Waals surface area contributed by atoms with Gasteiger partial charge in [0.2, 0.25) is 0 Å². The Bertz CT molecular complexity index is 863. The lowest BCUT2D eigenvalue weighted by Gasteiger charge is -2.19. The molecule has 0 saturated carbocycles. The topological polar surface area (TPSA) is 61.0 Å². The van der Waals surface area contributed by atoms with Crippen LogP contribution in [0, 0.1) is 5.82 Å². The van der Waals surface area contributed by atoms with Crippen LogP contribution in [0.3, 0.4) is 0 Å². The van der Waals surface area contributed by atoms with Gasteiger partial charge in [-0.1, -0.05) is 42.5 Å². The van der Waals surface area contributed by atoms with Gasteiger partial charge in [-0.15, -0.1) is 0 Å². The van der Waals surface area contributed by atoms with Crippen molar-refractivity contribution in [2.24, 2.45) is 0 Å². The van der Waals surface area contributed by atoms with E-state index in [0.717, 1.165) is 5.56 Å². The summed E-state index contributed by atoms with van der Waals surface area (Å²) >= 11 is 0. The van der Waals surface area contributed by atoms with Gasteiger partial charge < -0.3 is 10.2 Å². The van der Waals surface area contributed by atoms with Crippen molar-refractivity contribution >= 4 is 11.6 Å². The van der Waals surface area contributed by atoms with Gasteiger partial charge in [-0.2, -0.15) is 5.10 Å². The predicted octanol–water partition coefficient (Wildman–Crippen LogP) is 3.47. The van der Waals surface area contributed by atoms with Crippen LogP contribution in [0.4, 0.5) is 10.1 Å². The third-order valence-electron chi connectivity index (χ3n) is 4.17. The molecule has 134 valence electrons. The number of hydrogen-bond acceptors (Lipinski definition) is 3. The van der Waals surface area contributed by atoms with Crippen LogP contribution >= 0.6 is 0 Å². The standard InChI is InChI=1S/C20H21FN4O/c1-25(18-11-6-5-10-17(18)21)13-7-12-22-20(26)16-14-23-24-19(16)15-8-3-2-4-9-15/h2-6,8-11,14H,7,12-13H2,1H3,(H,22,26)(H,23,24). The second kappa shape index (κ2) is 8.29. The van der Waals surface area contributed by atoms with Crippen LogP contribution in [0.15, 0.2) is 60.8 Å². The number of nitrogens with one attached hydrogen (secondary N) is 2. The molecule has 3 aromatic rings. The number of hydrogen-bond donors (Lipinski definition) is 2. The third kappa shape index (κ3) is 4.08. The van der Waals surface area contributed by atoms with E-state index in [1.165, 1.54) is 12.3 Å². The Labute approximate surface area is 151 Å². The van der Waals surface area contributed by atoms with E-state index in [1.807, 2.05) is 42.3 Å². The largest absolute Gasteiger partial charge is 0.372 e. The second-order valence-electron chi connectivity index (χ2n) is 6.01. The molecular weight excluding hydrogens is 331 g/mol. The number of aromatic nitrogens is 2. The summed E-state index contributed by atoms with van der Waals surface area (Å²) in [7, 11) is 1.84. The smallest absolute Gasteiger partial charge is 0.255 e.